The number of ether oxygens (including phenoxy) is 3. The van der Waals surface area contributed by atoms with Crippen LogP contribution in [0, 0.1) is 0 Å². The Kier molecular flexibility index (Phi) is 8.68. The first-order chi connectivity index (χ1) is 17.6. The van der Waals surface area contributed by atoms with E-state index in [-0.39, 0.29) is 12.3 Å². The maximum atomic E-state index is 12.5. The predicted octanol–water partition coefficient (Wildman–Crippen LogP) is 5.08. The topological polar surface area (TPSA) is 74.6 Å². The molecule has 0 spiro atoms. The van der Waals surface area contributed by atoms with Crippen LogP contribution in [0.2, 0.25) is 5.02 Å². The zero-order chi connectivity index (χ0) is 25.3. The standard InChI is InChI=1S/C28H30ClN3O4/c1-34-25-14-13-20(18-26(25)35-2)19-28(33)30-15-7-12-27-31-22-9-4-5-10-23(22)32(27)16-17-36-24-11-6-3-8-21(24)29/h3-6,8-11,13-14,18H,7,12,15-17,19H2,1-2H3,(H,30,33). The highest BCUT2D eigenvalue weighted by Gasteiger charge is 2.12. The SMILES string of the molecule is COc1ccc(CC(=O)NCCCc2nc3ccccc3n2CCOc2ccccc2Cl)cc1OC. The summed E-state index contributed by atoms with van der Waals surface area (Å²) in [5.74, 6) is 2.85. The first-order valence-corrected chi connectivity index (χ1v) is 12.3. The van der Waals surface area contributed by atoms with E-state index in [1.807, 2.05) is 54.6 Å². The van der Waals surface area contributed by atoms with Gasteiger partial charge in [-0.05, 0) is 48.4 Å². The summed E-state index contributed by atoms with van der Waals surface area (Å²) in [5, 5.41) is 3.60. The van der Waals surface area contributed by atoms with Crippen molar-refractivity contribution < 1.29 is 19.0 Å². The molecular formula is C28H30ClN3O4. The van der Waals surface area contributed by atoms with Crippen LogP contribution in [0.5, 0.6) is 17.2 Å². The lowest BCUT2D eigenvalue weighted by Gasteiger charge is -2.12. The van der Waals surface area contributed by atoms with Crippen LogP contribution < -0.4 is 19.5 Å². The van der Waals surface area contributed by atoms with Gasteiger partial charge in [0.15, 0.2) is 11.5 Å². The lowest BCUT2D eigenvalue weighted by atomic mass is 10.1. The van der Waals surface area contributed by atoms with E-state index in [0.717, 1.165) is 35.3 Å². The molecule has 4 rings (SSSR count). The van der Waals surface area contributed by atoms with E-state index >= 15 is 0 Å². The summed E-state index contributed by atoms with van der Waals surface area (Å²) >= 11 is 6.21. The van der Waals surface area contributed by atoms with E-state index in [2.05, 4.69) is 16.0 Å². The number of hydrogen-bond donors (Lipinski definition) is 1. The third kappa shape index (κ3) is 6.29. The number of benzene rings is 3. The number of aromatic nitrogens is 2. The van der Waals surface area contributed by atoms with E-state index in [1.54, 1.807) is 20.3 Å². The molecule has 0 unspecified atom stereocenters. The Labute approximate surface area is 216 Å². The summed E-state index contributed by atoms with van der Waals surface area (Å²) in [6.45, 7) is 1.68. The molecule has 0 radical (unpaired) electrons. The summed E-state index contributed by atoms with van der Waals surface area (Å²) in [7, 11) is 3.17. The number of aryl methyl sites for hydroxylation is 1. The van der Waals surface area contributed by atoms with Crippen molar-refractivity contribution in [3.8, 4) is 17.2 Å². The highest BCUT2D eigenvalue weighted by atomic mass is 35.5. The molecule has 4 aromatic rings. The number of carbonyl (C=O) groups excluding carboxylic acids is 1. The van der Waals surface area contributed by atoms with Crippen molar-refractivity contribution in [2.45, 2.75) is 25.8 Å². The Morgan fingerprint density at radius 3 is 2.56 bits per heavy atom. The molecule has 0 aliphatic carbocycles. The van der Waals surface area contributed by atoms with E-state index in [0.29, 0.717) is 42.0 Å². The van der Waals surface area contributed by atoms with Crippen molar-refractivity contribution in [1.82, 2.24) is 14.9 Å². The van der Waals surface area contributed by atoms with Crippen molar-refractivity contribution in [2.75, 3.05) is 27.4 Å². The van der Waals surface area contributed by atoms with Gasteiger partial charge < -0.3 is 24.1 Å². The molecular weight excluding hydrogens is 478 g/mol. The summed E-state index contributed by atoms with van der Waals surface area (Å²) in [6.07, 6.45) is 1.78. The van der Waals surface area contributed by atoms with E-state index in [9.17, 15) is 4.79 Å². The molecule has 7 nitrogen and oxygen atoms in total. The van der Waals surface area contributed by atoms with Gasteiger partial charge in [0, 0.05) is 13.0 Å². The second-order valence-corrected chi connectivity index (χ2v) is 8.67. The molecule has 0 aliphatic heterocycles. The molecule has 0 aliphatic rings. The number of nitrogens with zero attached hydrogens (tertiary/aromatic N) is 2. The maximum Gasteiger partial charge on any atom is 0.224 e. The van der Waals surface area contributed by atoms with Gasteiger partial charge in [-0.3, -0.25) is 4.79 Å². The van der Waals surface area contributed by atoms with Crippen LogP contribution in [0.4, 0.5) is 0 Å². The van der Waals surface area contributed by atoms with Gasteiger partial charge in [-0.1, -0.05) is 41.9 Å². The Morgan fingerprint density at radius 1 is 0.972 bits per heavy atom. The second-order valence-electron chi connectivity index (χ2n) is 8.27. The number of halogens is 1. The summed E-state index contributed by atoms with van der Waals surface area (Å²) in [5.41, 5.74) is 2.88. The summed E-state index contributed by atoms with van der Waals surface area (Å²) in [6, 6.07) is 21.0. The molecule has 1 aromatic heterocycles. The molecule has 1 N–H and O–H groups in total. The molecule has 36 heavy (non-hydrogen) atoms. The number of nitrogens with one attached hydrogen (secondary N) is 1. The van der Waals surface area contributed by atoms with Gasteiger partial charge in [0.25, 0.3) is 0 Å². The molecule has 3 aromatic carbocycles. The molecule has 1 heterocycles. The number of amides is 1. The van der Waals surface area contributed by atoms with Crippen LogP contribution in [0.1, 0.15) is 17.8 Å². The van der Waals surface area contributed by atoms with Gasteiger partial charge in [0.2, 0.25) is 5.91 Å². The first kappa shape index (κ1) is 25.4. The van der Waals surface area contributed by atoms with E-state index in [4.69, 9.17) is 30.8 Å². The normalized spacial score (nSPS) is 10.9. The highest BCUT2D eigenvalue weighted by Crippen LogP contribution is 2.27. The highest BCUT2D eigenvalue weighted by molar-refractivity contribution is 6.32. The summed E-state index contributed by atoms with van der Waals surface area (Å²) in [4.78, 5) is 17.3. The molecule has 0 bridgehead atoms. The minimum absolute atomic E-state index is 0.0381. The Hall–Kier alpha value is -3.71. The zero-order valence-corrected chi connectivity index (χ0v) is 21.3. The number of methoxy groups -OCH3 is 2. The zero-order valence-electron chi connectivity index (χ0n) is 20.5. The first-order valence-electron chi connectivity index (χ1n) is 11.9. The third-order valence-electron chi connectivity index (χ3n) is 5.85. The average Bonchev–Trinajstić information content (AvgIpc) is 3.25. The van der Waals surface area contributed by atoms with Crippen LogP contribution in [0.3, 0.4) is 0 Å². The van der Waals surface area contributed by atoms with E-state index < -0.39 is 0 Å². The molecule has 188 valence electrons. The predicted molar refractivity (Wildman–Crippen MR) is 141 cm³/mol. The fraction of sp³-hybridized carbons (Fsp3) is 0.286. The van der Waals surface area contributed by atoms with Crippen molar-refractivity contribution in [2.24, 2.45) is 0 Å². The number of hydrogen-bond acceptors (Lipinski definition) is 5. The largest absolute Gasteiger partial charge is 0.493 e. The smallest absolute Gasteiger partial charge is 0.224 e. The molecule has 8 heteroatoms. The minimum Gasteiger partial charge on any atom is -0.493 e. The van der Waals surface area contributed by atoms with E-state index in [1.165, 1.54) is 0 Å². The van der Waals surface area contributed by atoms with Gasteiger partial charge in [-0.2, -0.15) is 0 Å². The Morgan fingerprint density at radius 2 is 1.75 bits per heavy atom. The van der Waals surface area contributed by atoms with Crippen LogP contribution in [-0.2, 0) is 24.2 Å². The monoisotopic (exact) mass is 507 g/mol. The number of carbonyl (C=O) groups is 1. The van der Waals surface area contributed by atoms with Gasteiger partial charge in [-0.25, -0.2) is 4.98 Å². The van der Waals surface area contributed by atoms with Crippen LogP contribution in [-0.4, -0.2) is 42.8 Å². The summed E-state index contributed by atoms with van der Waals surface area (Å²) < 4.78 is 18.7. The van der Waals surface area contributed by atoms with Crippen molar-refractivity contribution in [1.29, 1.82) is 0 Å². The number of para-hydroxylation sites is 3. The number of fused-ring (bicyclic) bond motifs is 1. The van der Waals surface area contributed by atoms with Crippen molar-refractivity contribution >= 4 is 28.5 Å². The van der Waals surface area contributed by atoms with Gasteiger partial charge in [-0.15, -0.1) is 0 Å². The fourth-order valence-electron chi connectivity index (χ4n) is 4.09. The fourth-order valence-corrected chi connectivity index (χ4v) is 4.28. The van der Waals surface area contributed by atoms with Crippen LogP contribution in [0.25, 0.3) is 11.0 Å². The Bertz CT molecular complexity index is 1320. The van der Waals surface area contributed by atoms with Crippen molar-refractivity contribution in [3.63, 3.8) is 0 Å². The minimum atomic E-state index is -0.0381. The average molecular weight is 508 g/mol. The molecule has 0 fully saturated rings. The lowest BCUT2D eigenvalue weighted by molar-refractivity contribution is -0.120. The van der Waals surface area contributed by atoms with Crippen LogP contribution >= 0.6 is 11.6 Å². The Balaban J connectivity index is 1.32. The van der Waals surface area contributed by atoms with Crippen LogP contribution in [0.15, 0.2) is 66.7 Å². The molecule has 1 amide bonds. The quantitative estimate of drug-likeness (QED) is 0.271. The molecule has 0 saturated heterocycles. The number of rotatable bonds is 12. The third-order valence-corrected chi connectivity index (χ3v) is 6.17. The second kappa shape index (κ2) is 12.3. The lowest BCUT2D eigenvalue weighted by Crippen LogP contribution is -2.26. The molecule has 0 saturated carbocycles. The van der Waals surface area contributed by atoms with Gasteiger partial charge >= 0.3 is 0 Å². The van der Waals surface area contributed by atoms with Gasteiger partial charge in [0.1, 0.15) is 18.2 Å². The maximum absolute atomic E-state index is 12.5. The van der Waals surface area contributed by atoms with Gasteiger partial charge in [0.05, 0.1) is 43.2 Å². The van der Waals surface area contributed by atoms with Crippen molar-refractivity contribution in [3.05, 3.63) is 83.1 Å². The number of imidazole rings is 1. The molecule has 0 atom stereocenters.